The van der Waals surface area contributed by atoms with Gasteiger partial charge in [-0.1, -0.05) is 16.8 Å². The predicted octanol–water partition coefficient (Wildman–Crippen LogP) is 2.38. The van der Waals surface area contributed by atoms with Crippen LogP contribution in [0.25, 0.3) is 0 Å². The summed E-state index contributed by atoms with van der Waals surface area (Å²) >= 11 is 6.15. The van der Waals surface area contributed by atoms with E-state index in [9.17, 15) is 0 Å². The second kappa shape index (κ2) is 4.36. The monoisotopic (exact) mass is 293 g/mol. The molecule has 0 radical (unpaired) electrons. The molecule has 1 saturated carbocycles. The standard InChI is InChI=1S/C13H12ClN3O3/c14-8-3-7(4-9-11(8)19-5-18-9)10(15)12-16-13(20-17-12)6-1-2-6/h3-4,6,10H,1-2,5,15H2. The molecule has 1 aliphatic heterocycles. The maximum Gasteiger partial charge on any atom is 0.231 e. The molecule has 7 heteroatoms. The molecule has 1 unspecified atom stereocenters. The van der Waals surface area contributed by atoms with Crippen molar-refractivity contribution in [2.24, 2.45) is 5.73 Å². The Kier molecular flexibility index (Phi) is 2.61. The number of hydrogen-bond acceptors (Lipinski definition) is 6. The van der Waals surface area contributed by atoms with Gasteiger partial charge in [0.15, 0.2) is 17.3 Å². The Morgan fingerprint density at radius 3 is 2.95 bits per heavy atom. The van der Waals surface area contributed by atoms with E-state index in [1.807, 2.05) is 0 Å². The lowest BCUT2D eigenvalue weighted by Crippen LogP contribution is -2.13. The molecule has 6 nitrogen and oxygen atoms in total. The van der Waals surface area contributed by atoms with Crippen LogP contribution in [0.4, 0.5) is 0 Å². The molecule has 2 aliphatic rings. The van der Waals surface area contributed by atoms with Gasteiger partial charge in [-0.25, -0.2) is 0 Å². The topological polar surface area (TPSA) is 83.4 Å². The molecule has 1 atom stereocenters. The quantitative estimate of drug-likeness (QED) is 0.935. The van der Waals surface area contributed by atoms with Gasteiger partial charge in [0.25, 0.3) is 0 Å². The van der Waals surface area contributed by atoms with Crippen LogP contribution in [0.5, 0.6) is 11.5 Å². The first-order chi connectivity index (χ1) is 9.72. The Balaban J connectivity index is 1.67. The fourth-order valence-corrected chi connectivity index (χ4v) is 2.46. The molecule has 2 heterocycles. The van der Waals surface area contributed by atoms with Gasteiger partial charge < -0.3 is 19.7 Å². The number of benzene rings is 1. The molecule has 0 amide bonds. The summed E-state index contributed by atoms with van der Waals surface area (Å²) in [6.45, 7) is 0.168. The van der Waals surface area contributed by atoms with E-state index < -0.39 is 6.04 Å². The average molecular weight is 294 g/mol. The minimum atomic E-state index is -0.502. The molecule has 0 bridgehead atoms. The van der Waals surface area contributed by atoms with Gasteiger partial charge in [0.05, 0.1) is 11.1 Å². The third-order valence-electron chi connectivity index (χ3n) is 3.47. The maximum absolute atomic E-state index is 6.17. The summed E-state index contributed by atoms with van der Waals surface area (Å²) in [6, 6.07) is 3.04. The largest absolute Gasteiger partial charge is 0.454 e. The van der Waals surface area contributed by atoms with Crippen molar-refractivity contribution in [2.45, 2.75) is 24.8 Å². The van der Waals surface area contributed by atoms with Crippen LogP contribution in [-0.4, -0.2) is 16.9 Å². The molecule has 0 spiro atoms. The van der Waals surface area contributed by atoms with Crippen molar-refractivity contribution in [3.63, 3.8) is 0 Å². The third kappa shape index (κ3) is 1.92. The lowest BCUT2D eigenvalue weighted by atomic mass is 10.1. The number of hydrogen-bond donors (Lipinski definition) is 1. The molecule has 1 aromatic heterocycles. The van der Waals surface area contributed by atoms with E-state index in [0.717, 1.165) is 18.4 Å². The molecule has 20 heavy (non-hydrogen) atoms. The fourth-order valence-electron chi connectivity index (χ4n) is 2.19. The lowest BCUT2D eigenvalue weighted by molar-refractivity contribution is 0.174. The summed E-state index contributed by atoms with van der Waals surface area (Å²) in [6.07, 6.45) is 2.21. The summed E-state index contributed by atoms with van der Waals surface area (Å²) in [5.41, 5.74) is 6.94. The van der Waals surface area contributed by atoms with Crippen LogP contribution in [0.15, 0.2) is 16.7 Å². The highest BCUT2D eigenvalue weighted by atomic mass is 35.5. The Morgan fingerprint density at radius 2 is 2.15 bits per heavy atom. The van der Waals surface area contributed by atoms with Crippen LogP contribution in [0.2, 0.25) is 5.02 Å². The van der Waals surface area contributed by atoms with Crippen LogP contribution < -0.4 is 15.2 Å². The van der Waals surface area contributed by atoms with E-state index in [1.165, 1.54) is 0 Å². The molecular weight excluding hydrogens is 282 g/mol. The number of rotatable bonds is 3. The van der Waals surface area contributed by atoms with E-state index in [4.69, 9.17) is 31.3 Å². The van der Waals surface area contributed by atoms with E-state index in [2.05, 4.69) is 10.1 Å². The van der Waals surface area contributed by atoms with Gasteiger partial charge in [-0.15, -0.1) is 0 Å². The van der Waals surface area contributed by atoms with Gasteiger partial charge in [0.2, 0.25) is 12.7 Å². The fraction of sp³-hybridized carbons (Fsp3) is 0.385. The van der Waals surface area contributed by atoms with Crippen LogP contribution >= 0.6 is 11.6 Å². The summed E-state index contributed by atoms with van der Waals surface area (Å²) < 4.78 is 15.8. The molecule has 1 aliphatic carbocycles. The van der Waals surface area contributed by atoms with Gasteiger partial charge in [-0.05, 0) is 30.5 Å². The molecule has 1 fully saturated rings. The van der Waals surface area contributed by atoms with Crippen molar-refractivity contribution in [1.82, 2.24) is 10.1 Å². The Bertz CT molecular complexity index is 669. The smallest absolute Gasteiger partial charge is 0.231 e. The van der Waals surface area contributed by atoms with Crippen LogP contribution in [0, 0.1) is 0 Å². The Hall–Kier alpha value is -1.79. The second-order valence-electron chi connectivity index (χ2n) is 4.98. The average Bonchev–Trinajstić information content (AvgIpc) is 3.00. The molecule has 4 rings (SSSR count). The number of aromatic nitrogens is 2. The van der Waals surface area contributed by atoms with Crippen molar-refractivity contribution in [1.29, 1.82) is 0 Å². The summed E-state index contributed by atoms with van der Waals surface area (Å²) in [7, 11) is 0. The zero-order valence-electron chi connectivity index (χ0n) is 10.5. The number of ether oxygens (including phenoxy) is 2. The van der Waals surface area contributed by atoms with E-state index >= 15 is 0 Å². The Labute approximate surface area is 119 Å². The normalized spacial score (nSPS) is 18.3. The lowest BCUT2D eigenvalue weighted by Gasteiger charge is -2.09. The molecule has 2 N–H and O–H groups in total. The molecular formula is C13H12ClN3O3. The van der Waals surface area contributed by atoms with Gasteiger partial charge in [-0.2, -0.15) is 4.98 Å². The van der Waals surface area contributed by atoms with Gasteiger partial charge in [0.1, 0.15) is 0 Å². The Morgan fingerprint density at radius 1 is 1.30 bits per heavy atom. The van der Waals surface area contributed by atoms with Crippen LogP contribution in [0.1, 0.15) is 42.1 Å². The second-order valence-corrected chi connectivity index (χ2v) is 5.39. The van der Waals surface area contributed by atoms with Crippen molar-refractivity contribution >= 4 is 11.6 Å². The summed E-state index contributed by atoms with van der Waals surface area (Å²) in [5.74, 6) is 2.68. The van der Waals surface area contributed by atoms with Gasteiger partial charge in [-0.3, -0.25) is 0 Å². The maximum atomic E-state index is 6.17. The van der Waals surface area contributed by atoms with Crippen molar-refractivity contribution in [3.05, 3.63) is 34.4 Å². The van der Waals surface area contributed by atoms with E-state index in [1.54, 1.807) is 12.1 Å². The van der Waals surface area contributed by atoms with Crippen molar-refractivity contribution in [3.8, 4) is 11.5 Å². The van der Waals surface area contributed by atoms with E-state index in [-0.39, 0.29) is 6.79 Å². The highest BCUT2D eigenvalue weighted by Crippen LogP contribution is 2.42. The first-order valence-electron chi connectivity index (χ1n) is 6.40. The van der Waals surface area contributed by atoms with E-state index in [0.29, 0.717) is 34.2 Å². The van der Waals surface area contributed by atoms with Gasteiger partial charge in [0, 0.05) is 5.92 Å². The number of nitrogens with two attached hydrogens (primary N) is 1. The summed E-state index contributed by atoms with van der Waals surface area (Å²) in [5, 5.41) is 4.42. The summed E-state index contributed by atoms with van der Waals surface area (Å²) in [4.78, 5) is 4.35. The highest BCUT2D eigenvalue weighted by molar-refractivity contribution is 6.32. The number of fused-ring (bicyclic) bond motifs is 1. The first-order valence-corrected chi connectivity index (χ1v) is 6.78. The zero-order valence-corrected chi connectivity index (χ0v) is 11.3. The van der Waals surface area contributed by atoms with Crippen molar-refractivity contribution < 1.29 is 14.0 Å². The molecule has 2 aromatic rings. The predicted molar refractivity (Wildman–Crippen MR) is 69.9 cm³/mol. The van der Waals surface area contributed by atoms with Crippen LogP contribution in [-0.2, 0) is 0 Å². The molecule has 104 valence electrons. The third-order valence-corrected chi connectivity index (χ3v) is 3.75. The van der Waals surface area contributed by atoms with Crippen molar-refractivity contribution in [2.75, 3.05) is 6.79 Å². The zero-order chi connectivity index (χ0) is 13.7. The first kappa shape index (κ1) is 12.0. The minimum Gasteiger partial charge on any atom is -0.454 e. The molecule has 1 aromatic carbocycles. The highest BCUT2D eigenvalue weighted by Gasteiger charge is 2.31. The number of nitrogens with zero attached hydrogens (tertiary/aromatic N) is 2. The molecule has 0 saturated heterocycles. The van der Waals surface area contributed by atoms with Crippen LogP contribution in [0.3, 0.4) is 0 Å². The minimum absolute atomic E-state index is 0.168. The number of halogens is 1. The van der Waals surface area contributed by atoms with Gasteiger partial charge >= 0.3 is 0 Å². The SMILES string of the molecule is NC(c1cc(Cl)c2c(c1)OCO2)c1noc(C2CC2)n1.